The molecule has 0 spiro atoms. The Hall–Kier alpha value is -2.37. The van der Waals surface area contributed by atoms with Gasteiger partial charge >= 0.3 is 0 Å². The molecule has 2 aromatic rings. The van der Waals surface area contributed by atoms with Gasteiger partial charge in [-0.1, -0.05) is 0 Å². The average Bonchev–Trinajstić information content (AvgIpc) is 2.71. The smallest absolute Gasteiger partial charge is 0.271 e. The number of aromatic nitrogens is 2. The second-order valence-corrected chi connectivity index (χ2v) is 4.11. The van der Waals surface area contributed by atoms with Crippen LogP contribution in [-0.2, 0) is 13.6 Å². The van der Waals surface area contributed by atoms with Gasteiger partial charge in [0.25, 0.3) is 5.69 Å². The summed E-state index contributed by atoms with van der Waals surface area (Å²) < 4.78 is 1.76. The minimum absolute atomic E-state index is 0.0995. The Kier molecular flexibility index (Phi) is 3.27. The maximum absolute atomic E-state index is 10.8. The van der Waals surface area contributed by atoms with Crippen molar-refractivity contribution in [1.29, 1.82) is 0 Å². The van der Waals surface area contributed by atoms with Crippen LogP contribution in [0.5, 0.6) is 0 Å². The Bertz CT molecular complexity index is 577. The van der Waals surface area contributed by atoms with Gasteiger partial charge in [0, 0.05) is 31.1 Å². The van der Waals surface area contributed by atoms with Crippen LogP contribution < -0.4 is 5.32 Å². The van der Waals surface area contributed by atoms with Crippen molar-refractivity contribution in [3.8, 4) is 0 Å². The van der Waals surface area contributed by atoms with E-state index in [9.17, 15) is 10.1 Å². The van der Waals surface area contributed by atoms with Gasteiger partial charge in [0.15, 0.2) is 0 Å². The first-order chi connectivity index (χ1) is 8.56. The lowest BCUT2D eigenvalue weighted by Crippen LogP contribution is -2.05. The van der Waals surface area contributed by atoms with E-state index in [4.69, 9.17) is 0 Å². The molecule has 94 valence electrons. The average molecular weight is 246 g/mol. The van der Waals surface area contributed by atoms with E-state index in [0.29, 0.717) is 6.54 Å². The summed E-state index contributed by atoms with van der Waals surface area (Å²) in [7, 11) is 1.86. The molecule has 0 aliphatic carbocycles. The molecule has 0 bridgehead atoms. The number of rotatable bonds is 4. The highest BCUT2D eigenvalue weighted by atomic mass is 16.6. The van der Waals surface area contributed by atoms with E-state index in [1.165, 1.54) is 6.07 Å². The number of hydrogen-bond donors (Lipinski definition) is 1. The fourth-order valence-electron chi connectivity index (χ4n) is 1.74. The number of nitro groups is 1. The number of anilines is 1. The van der Waals surface area contributed by atoms with Gasteiger partial charge in [0.1, 0.15) is 0 Å². The molecule has 0 atom stereocenters. The number of aryl methyl sites for hydroxylation is 2. The molecule has 2 rings (SSSR count). The topological polar surface area (TPSA) is 73.0 Å². The molecule has 1 N–H and O–H groups in total. The van der Waals surface area contributed by atoms with Crippen molar-refractivity contribution < 1.29 is 4.92 Å². The van der Waals surface area contributed by atoms with Gasteiger partial charge in [-0.15, -0.1) is 0 Å². The summed E-state index contributed by atoms with van der Waals surface area (Å²) in [6.07, 6.45) is 1.72. The van der Waals surface area contributed by atoms with Gasteiger partial charge in [-0.05, 0) is 24.6 Å². The fourth-order valence-corrected chi connectivity index (χ4v) is 1.74. The Morgan fingerprint density at radius 2 is 2.22 bits per heavy atom. The SMILES string of the molecule is Cc1cc(NCc2ccnn2C)cc([N+](=O)[O-])c1. The third-order valence-electron chi connectivity index (χ3n) is 2.67. The maximum Gasteiger partial charge on any atom is 0.271 e. The highest BCUT2D eigenvalue weighted by molar-refractivity contribution is 5.53. The Labute approximate surface area is 104 Å². The van der Waals surface area contributed by atoms with Gasteiger partial charge in [-0.25, -0.2) is 0 Å². The molecule has 0 fully saturated rings. The van der Waals surface area contributed by atoms with Crippen LogP contribution >= 0.6 is 0 Å². The molecule has 6 nitrogen and oxygen atoms in total. The summed E-state index contributed by atoms with van der Waals surface area (Å²) >= 11 is 0. The molecule has 6 heteroatoms. The van der Waals surface area contributed by atoms with Crippen LogP contribution in [-0.4, -0.2) is 14.7 Å². The molecule has 18 heavy (non-hydrogen) atoms. The van der Waals surface area contributed by atoms with Crippen molar-refractivity contribution in [2.75, 3.05) is 5.32 Å². The molecular weight excluding hydrogens is 232 g/mol. The lowest BCUT2D eigenvalue weighted by Gasteiger charge is -2.07. The molecule has 1 heterocycles. The van der Waals surface area contributed by atoms with E-state index in [1.54, 1.807) is 16.9 Å². The van der Waals surface area contributed by atoms with Crippen molar-refractivity contribution >= 4 is 11.4 Å². The van der Waals surface area contributed by atoms with Crippen LogP contribution in [0.25, 0.3) is 0 Å². The second-order valence-electron chi connectivity index (χ2n) is 4.11. The van der Waals surface area contributed by atoms with Crippen molar-refractivity contribution in [2.24, 2.45) is 7.05 Å². The van der Waals surface area contributed by atoms with E-state index in [0.717, 1.165) is 16.9 Å². The van der Waals surface area contributed by atoms with E-state index in [-0.39, 0.29) is 10.6 Å². The lowest BCUT2D eigenvalue weighted by atomic mass is 10.2. The fraction of sp³-hybridized carbons (Fsp3) is 0.250. The maximum atomic E-state index is 10.8. The Balaban J connectivity index is 2.14. The van der Waals surface area contributed by atoms with Crippen molar-refractivity contribution in [3.05, 3.63) is 51.8 Å². The largest absolute Gasteiger partial charge is 0.379 e. The van der Waals surface area contributed by atoms with Gasteiger partial charge in [-0.3, -0.25) is 14.8 Å². The predicted octanol–water partition coefficient (Wildman–Crippen LogP) is 2.25. The summed E-state index contributed by atoms with van der Waals surface area (Å²) in [5, 5.41) is 18.0. The van der Waals surface area contributed by atoms with Crippen LogP contribution in [0.1, 0.15) is 11.3 Å². The van der Waals surface area contributed by atoms with Gasteiger partial charge in [0.05, 0.1) is 17.2 Å². The summed E-state index contributed by atoms with van der Waals surface area (Å²) in [6, 6.07) is 6.86. The van der Waals surface area contributed by atoms with E-state index in [1.807, 2.05) is 26.1 Å². The number of nitrogens with one attached hydrogen (secondary N) is 1. The van der Waals surface area contributed by atoms with Crippen LogP contribution in [0.4, 0.5) is 11.4 Å². The number of nitro benzene ring substituents is 1. The van der Waals surface area contributed by atoms with E-state index < -0.39 is 0 Å². The molecule has 1 aromatic carbocycles. The summed E-state index contributed by atoms with van der Waals surface area (Å²) in [5.41, 5.74) is 2.71. The molecule has 0 radical (unpaired) electrons. The monoisotopic (exact) mass is 246 g/mol. The van der Waals surface area contributed by atoms with Gasteiger partial charge < -0.3 is 5.32 Å². The zero-order chi connectivity index (χ0) is 13.1. The normalized spacial score (nSPS) is 10.3. The molecule has 0 saturated carbocycles. The first-order valence-electron chi connectivity index (χ1n) is 5.53. The molecule has 1 aromatic heterocycles. The van der Waals surface area contributed by atoms with E-state index in [2.05, 4.69) is 10.4 Å². The van der Waals surface area contributed by atoms with Crippen molar-refractivity contribution in [1.82, 2.24) is 9.78 Å². The van der Waals surface area contributed by atoms with Crippen LogP contribution in [0.2, 0.25) is 0 Å². The van der Waals surface area contributed by atoms with E-state index >= 15 is 0 Å². The van der Waals surface area contributed by atoms with Crippen molar-refractivity contribution in [3.63, 3.8) is 0 Å². The molecule has 0 unspecified atom stereocenters. The number of non-ortho nitro benzene ring substituents is 1. The minimum atomic E-state index is -0.387. The first-order valence-corrected chi connectivity index (χ1v) is 5.53. The van der Waals surface area contributed by atoms with Gasteiger partial charge in [0.2, 0.25) is 0 Å². The zero-order valence-electron chi connectivity index (χ0n) is 10.3. The molecule has 0 amide bonds. The Morgan fingerprint density at radius 3 is 2.83 bits per heavy atom. The first kappa shape index (κ1) is 12.1. The zero-order valence-corrected chi connectivity index (χ0v) is 10.3. The highest BCUT2D eigenvalue weighted by Gasteiger charge is 2.08. The van der Waals surface area contributed by atoms with Crippen LogP contribution in [0, 0.1) is 17.0 Å². The van der Waals surface area contributed by atoms with Crippen molar-refractivity contribution in [2.45, 2.75) is 13.5 Å². The Morgan fingerprint density at radius 1 is 1.44 bits per heavy atom. The quantitative estimate of drug-likeness (QED) is 0.663. The minimum Gasteiger partial charge on any atom is -0.379 e. The number of benzene rings is 1. The summed E-state index contributed by atoms with van der Waals surface area (Å²) in [4.78, 5) is 10.4. The number of hydrogen-bond acceptors (Lipinski definition) is 4. The highest BCUT2D eigenvalue weighted by Crippen LogP contribution is 2.20. The molecule has 0 saturated heterocycles. The van der Waals surface area contributed by atoms with Crippen LogP contribution in [0.3, 0.4) is 0 Å². The number of nitrogens with zero attached hydrogens (tertiary/aromatic N) is 3. The molecule has 0 aliphatic heterocycles. The molecular formula is C12H14N4O2. The molecule has 0 aliphatic rings. The van der Waals surface area contributed by atoms with Crippen LogP contribution in [0.15, 0.2) is 30.5 Å². The summed E-state index contributed by atoms with van der Waals surface area (Å²) in [6.45, 7) is 2.42. The van der Waals surface area contributed by atoms with Gasteiger partial charge in [-0.2, -0.15) is 5.10 Å². The third kappa shape index (κ3) is 2.65. The standard InChI is InChI=1S/C12H14N4O2/c1-9-5-10(7-12(6-9)16(17)18)13-8-11-3-4-14-15(11)2/h3-7,13H,8H2,1-2H3. The lowest BCUT2D eigenvalue weighted by molar-refractivity contribution is -0.384. The predicted molar refractivity (Wildman–Crippen MR) is 68.4 cm³/mol. The third-order valence-corrected chi connectivity index (χ3v) is 2.67. The summed E-state index contributed by atoms with van der Waals surface area (Å²) in [5.74, 6) is 0. The second kappa shape index (κ2) is 4.87.